The number of H-pyrrole nitrogens is 1. The van der Waals surface area contributed by atoms with Crippen LogP contribution >= 0.6 is 0 Å². The SMILES string of the molecule is CCCN(CCC)C(c1c[nH]c(CC)c(O)c1=O)C(F)(F)F. The maximum atomic E-state index is 13.5. The molecule has 2 N–H and O–H groups in total. The summed E-state index contributed by atoms with van der Waals surface area (Å²) in [5.74, 6) is -0.623. The van der Waals surface area contributed by atoms with Gasteiger partial charge < -0.3 is 10.1 Å². The van der Waals surface area contributed by atoms with Gasteiger partial charge in [0.1, 0.15) is 6.04 Å². The number of aromatic nitrogens is 1. The molecule has 1 unspecified atom stereocenters. The van der Waals surface area contributed by atoms with Crippen LogP contribution in [0.2, 0.25) is 0 Å². The van der Waals surface area contributed by atoms with E-state index in [1.54, 1.807) is 20.8 Å². The van der Waals surface area contributed by atoms with Gasteiger partial charge in [0.15, 0.2) is 5.75 Å². The van der Waals surface area contributed by atoms with Gasteiger partial charge in [-0.3, -0.25) is 9.69 Å². The molecule has 0 aromatic carbocycles. The van der Waals surface area contributed by atoms with Crippen LogP contribution in [0.5, 0.6) is 5.75 Å². The summed E-state index contributed by atoms with van der Waals surface area (Å²) in [6, 6.07) is -2.01. The summed E-state index contributed by atoms with van der Waals surface area (Å²) in [6.45, 7) is 5.74. The largest absolute Gasteiger partial charge is 0.503 e. The molecular weight excluding hydrogens is 297 g/mol. The number of nitrogens with zero attached hydrogens (tertiary/aromatic N) is 1. The quantitative estimate of drug-likeness (QED) is 0.810. The average Bonchev–Trinajstić information content (AvgIpc) is 2.43. The van der Waals surface area contributed by atoms with Gasteiger partial charge in [-0.15, -0.1) is 0 Å². The normalized spacial score (nSPS) is 13.6. The Balaban J connectivity index is 3.40. The molecule has 0 aliphatic carbocycles. The molecule has 1 aromatic rings. The maximum absolute atomic E-state index is 13.5. The molecule has 4 nitrogen and oxygen atoms in total. The number of hydrogen-bond donors (Lipinski definition) is 2. The lowest BCUT2D eigenvalue weighted by Gasteiger charge is -2.32. The van der Waals surface area contributed by atoms with E-state index in [4.69, 9.17) is 0 Å². The molecule has 1 atom stereocenters. The predicted molar refractivity (Wildman–Crippen MR) is 79.1 cm³/mol. The molecule has 0 amide bonds. The van der Waals surface area contributed by atoms with E-state index >= 15 is 0 Å². The lowest BCUT2D eigenvalue weighted by molar-refractivity contribution is -0.187. The van der Waals surface area contributed by atoms with Gasteiger partial charge in [0.25, 0.3) is 0 Å². The smallest absolute Gasteiger partial charge is 0.408 e. The van der Waals surface area contributed by atoms with Gasteiger partial charge in [-0.1, -0.05) is 20.8 Å². The Hall–Kier alpha value is -1.50. The van der Waals surface area contributed by atoms with Crippen molar-refractivity contribution in [2.45, 2.75) is 52.3 Å². The van der Waals surface area contributed by atoms with E-state index in [9.17, 15) is 23.1 Å². The minimum absolute atomic E-state index is 0.230. The standard InChI is InChI=1S/C15H23F3N2O2/c1-4-7-20(8-5-2)14(15(16,17)18)10-9-19-11(6-3)13(22)12(10)21/h9,14,22H,4-8H2,1-3H3,(H,19,21). The van der Waals surface area contributed by atoms with E-state index < -0.39 is 29.0 Å². The van der Waals surface area contributed by atoms with Crippen molar-refractivity contribution in [3.8, 4) is 5.75 Å². The number of pyridine rings is 1. The van der Waals surface area contributed by atoms with Crippen LogP contribution in [0.15, 0.2) is 11.0 Å². The minimum atomic E-state index is -4.59. The first-order valence-electron chi connectivity index (χ1n) is 7.51. The Labute approximate surface area is 128 Å². The fourth-order valence-corrected chi connectivity index (χ4v) is 2.57. The molecule has 1 aromatic heterocycles. The number of rotatable bonds is 7. The zero-order chi connectivity index (χ0) is 16.9. The molecule has 0 bridgehead atoms. The fraction of sp³-hybridized carbons (Fsp3) is 0.667. The monoisotopic (exact) mass is 320 g/mol. The number of halogens is 3. The molecule has 0 radical (unpaired) electrons. The van der Waals surface area contributed by atoms with Gasteiger partial charge in [0.2, 0.25) is 5.43 Å². The second-order valence-electron chi connectivity index (χ2n) is 5.23. The second kappa shape index (κ2) is 7.67. The van der Waals surface area contributed by atoms with Gasteiger partial charge in [0.05, 0.1) is 5.69 Å². The highest BCUT2D eigenvalue weighted by Crippen LogP contribution is 2.37. The topological polar surface area (TPSA) is 56.3 Å². The average molecular weight is 320 g/mol. The van der Waals surface area contributed by atoms with Gasteiger partial charge >= 0.3 is 6.18 Å². The molecule has 7 heteroatoms. The van der Waals surface area contributed by atoms with Crippen LogP contribution in [-0.2, 0) is 6.42 Å². The maximum Gasteiger partial charge on any atom is 0.408 e. The molecule has 1 rings (SSSR count). The van der Waals surface area contributed by atoms with Gasteiger partial charge in [0, 0.05) is 11.8 Å². The number of aromatic hydroxyl groups is 1. The summed E-state index contributed by atoms with van der Waals surface area (Å²) in [7, 11) is 0. The number of alkyl halides is 3. The predicted octanol–water partition coefficient (Wildman–Crippen LogP) is 3.37. The van der Waals surface area contributed by atoms with Crippen molar-refractivity contribution in [1.82, 2.24) is 9.88 Å². The molecule has 0 spiro atoms. The van der Waals surface area contributed by atoms with Crippen molar-refractivity contribution in [1.29, 1.82) is 0 Å². The molecule has 0 fully saturated rings. The molecule has 22 heavy (non-hydrogen) atoms. The highest BCUT2D eigenvalue weighted by molar-refractivity contribution is 5.32. The minimum Gasteiger partial charge on any atom is -0.503 e. The van der Waals surface area contributed by atoms with Crippen molar-refractivity contribution in [3.63, 3.8) is 0 Å². The Morgan fingerprint density at radius 3 is 2.18 bits per heavy atom. The van der Waals surface area contributed by atoms with Gasteiger partial charge in [-0.05, 0) is 32.4 Å². The van der Waals surface area contributed by atoms with Crippen LogP contribution in [0.1, 0.15) is 50.9 Å². The fourth-order valence-electron chi connectivity index (χ4n) is 2.57. The Bertz CT molecular complexity index is 535. The summed E-state index contributed by atoms with van der Waals surface area (Å²) < 4.78 is 40.6. The van der Waals surface area contributed by atoms with Gasteiger partial charge in [-0.25, -0.2) is 0 Å². The van der Waals surface area contributed by atoms with Crippen molar-refractivity contribution in [2.24, 2.45) is 0 Å². The molecule has 0 saturated heterocycles. The third-order valence-electron chi connectivity index (χ3n) is 3.51. The highest BCUT2D eigenvalue weighted by atomic mass is 19.4. The first-order chi connectivity index (χ1) is 10.3. The molecule has 1 heterocycles. The first kappa shape index (κ1) is 18.5. The van der Waals surface area contributed by atoms with E-state index in [0.717, 1.165) is 6.20 Å². The van der Waals surface area contributed by atoms with Crippen LogP contribution in [0.4, 0.5) is 13.2 Å². The van der Waals surface area contributed by atoms with Crippen LogP contribution in [-0.4, -0.2) is 34.3 Å². The number of hydrogen-bond acceptors (Lipinski definition) is 3. The van der Waals surface area contributed by atoms with E-state index in [2.05, 4.69) is 4.98 Å². The van der Waals surface area contributed by atoms with Crippen LogP contribution in [0.3, 0.4) is 0 Å². The van der Waals surface area contributed by atoms with Crippen LogP contribution in [0.25, 0.3) is 0 Å². The number of aromatic amines is 1. The summed E-state index contributed by atoms with van der Waals surface area (Å²) in [5, 5.41) is 9.80. The van der Waals surface area contributed by atoms with Crippen molar-refractivity contribution in [3.05, 3.63) is 27.7 Å². The number of aryl methyl sites for hydroxylation is 1. The van der Waals surface area contributed by atoms with E-state index in [0.29, 0.717) is 19.3 Å². The first-order valence-corrected chi connectivity index (χ1v) is 7.51. The molecule has 126 valence electrons. The van der Waals surface area contributed by atoms with Gasteiger partial charge in [-0.2, -0.15) is 13.2 Å². The summed E-state index contributed by atoms with van der Waals surface area (Å²) in [6.07, 6.45) is -2.08. The summed E-state index contributed by atoms with van der Waals surface area (Å²) in [4.78, 5) is 16.0. The molecule has 0 saturated carbocycles. The van der Waals surface area contributed by atoms with Crippen molar-refractivity contribution >= 4 is 0 Å². The number of nitrogens with one attached hydrogen (secondary N) is 1. The second-order valence-corrected chi connectivity index (χ2v) is 5.23. The lowest BCUT2D eigenvalue weighted by atomic mass is 10.0. The third-order valence-corrected chi connectivity index (χ3v) is 3.51. The van der Waals surface area contributed by atoms with Crippen molar-refractivity contribution < 1.29 is 18.3 Å². The van der Waals surface area contributed by atoms with Crippen molar-refractivity contribution in [2.75, 3.05) is 13.1 Å². The lowest BCUT2D eigenvalue weighted by Crippen LogP contribution is -2.42. The molecule has 0 aliphatic rings. The Morgan fingerprint density at radius 1 is 1.23 bits per heavy atom. The molecular formula is C15H23F3N2O2. The molecule has 0 aliphatic heterocycles. The third kappa shape index (κ3) is 4.03. The zero-order valence-electron chi connectivity index (χ0n) is 13.1. The summed E-state index contributed by atoms with van der Waals surface area (Å²) in [5.41, 5.74) is -1.16. The Kier molecular flexibility index (Phi) is 6.47. The van der Waals surface area contributed by atoms with E-state index in [-0.39, 0.29) is 18.8 Å². The zero-order valence-corrected chi connectivity index (χ0v) is 13.1. The van der Waals surface area contributed by atoms with Crippen LogP contribution < -0.4 is 5.43 Å². The van der Waals surface area contributed by atoms with Crippen LogP contribution in [0, 0.1) is 0 Å². The highest BCUT2D eigenvalue weighted by Gasteiger charge is 2.45. The van der Waals surface area contributed by atoms with E-state index in [1.807, 2.05) is 0 Å². The summed E-state index contributed by atoms with van der Waals surface area (Å²) >= 11 is 0. The van der Waals surface area contributed by atoms with E-state index in [1.165, 1.54) is 4.90 Å². The Morgan fingerprint density at radius 2 is 1.77 bits per heavy atom.